The van der Waals surface area contributed by atoms with Gasteiger partial charge in [-0.1, -0.05) is 19.1 Å². The smallest absolute Gasteiger partial charge is 0.0670 e. The summed E-state index contributed by atoms with van der Waals surface area (Å²) in [5, 5.41) is 8.11. The highest BCUT2D eigenvalue weighted by Crippen LogP contribution is 2.20. The van der Waals surface area contributed by atoms with Gasteiger partial charge in [0.25, 0.3) is 0 Å². The number of hydrogen-bond donors (Lipinski definition) is 2. The number of nitrogens with one attached hydrogen (secondary N) is 1. The van der Waals surface area contributed by atoms with E-state index in [9.17, 15) is 0 Å². The predicted octanol–water partition coefficient (Wildman–Crippen LogP) is 1.29. The minimum Gasteiger partial charge on any atom is -0.329 e. The monoisotopic (exact) mass is 234 g/mol. The lowest BCUT2D eigenvalue weighted by Crippen LogP contribution is -2.35. The summed E-state index contributed by atoms with van der Waals surface area (Å²) in [4.78, 5) is 0. The lowest BCUT2D eigenvalue weighted by atomic mass is 10.0. The zero-order chi connectivity index (χ0) is 12.3. The number of nitrogens with two attached hydrogens (primary N) is 1. The Balaban J connectivity index is 2.10. The number of aromatic nitrogens is 2. The molecular formula is C13H22N4. The summed E-state index contributed by atoms with van der Waals surface area (Å²) in [5.74, 6) is 0. The molecule has 1 aliphatic rings. The number of hydrogen-bond acceptors (Lipinski definition) is 3. The Morgan fingerprint density at radius 3 is 2.82 bits per heavy atom. The van der Waals surface area contributed by atoms with Crippen LogP contribution in [0.1, 0.15) is 37.1 Å². The van der Waals surface area contributed by atoms with Crippen LogP contribution in [-0.4, -0.2) is 22.4 Å². The molecule has 94 valence electrons. The van der Waals surface area contributed by atoms with Crippen LogP contribution in [0, 0.1) is 0 Å². The Labute approximate surface area is 103 Å². The summed E-state index contributed by atoms with van der Waals surface area (Å²) in [6.07, 6.45) is 9.73. The Kier molecular flexibility index (Phi) is 3.97. The quantitative estimate of drug-likeness (QED) is 0.755. The fraction of sp³-hybridized carbons (Fsp3) is 0.615. The lowest BCUT2D eigenvalue weighted by Gasteiger charge is -2.21. The standard InChI is InChI=1S/C13H22N4/c1-3-12-11(9-17(2)16-12)13(8-14)15-10-6-4-5-7-10/h4-5,9-10,13,15H,3,6-8,14H2,1-2H3. The molecule has 4 nitrogen and oxygen atoms in total. The average Bonchev–Trinajstić information content (AvgIpc) is 2.94. The summed E-state index contributed by atoms with van der Waals surface area (Å²) < 4.78 is 1.88. The van der Waals surface area contributed by atoms with Gasteiger partial charge in [0.15, 0.2) is 0 Å². The fourth-order valence-electron chi connectivity index (χ4n) is 2.44. The Morgan fingerprint density at radius 1 is 1.53 bits per heavy atom. The summed E-state index contributed by atoms with van der Waals surface area (Å²) in [6, 6.07) is 0.761. The molecule has 0 saturated carbocycles. The van der Waals surface area contributed by atoms with Gasteiger partial charge in [0.1, 0.15) is 0 Å². The first-order valence-electron chi connectivity index (χ1n) is 6.38. The van der Waals surface area contributed by atoms with Crippen LogP contribution < -0.4 is 11.1 Å². The van der Waals surface area contributed by atoms with E-state index >= 15 is 0 Å². The Hall–Kier alpha value is -1.13. The molecule has 1 unspecified atom stereocenters. The van der Waals surface area contributed by atoms with Gasteiger partial charge in [0.2, 0.25) is 0 Å². The third-order valence-corrected chi connectivity index (χ3v) is 3.33. The summed E-state index contributed by atoms with van der Waals surface area (Å²) in [6.45, 7) is 2.76. The van der Waals surface area contributed by atoms with E-state index in [1.54, 1.807) is 0 Å². The second-order valence-corrected chi connectivity index (χ2v) is 4.65. The molecule has 0 aromatic carbocycles. The Bertz CT molecular complexity index is 386. The van der Waals surface area contributed by atoms with Gasteiger partial charge in [-0.25, -0.2) is 0 Å². The fourth-order valence-corrected chi connectivity index (χ4v) is 2.44. The topological polar surface area (TPSA) is 55.9 Å². The normalized spacial score (nSPS) is 17.8. The lowest BCUT2D eigenvalue weighted by molar-refractivity contribution is 0.451. The molecule has 1 aliphatic carbocycles. The van der Waals surface area contributed by atoms with E-state index in [0.29, 0.717) is 12.6 Å². The van der Waals surface area contributed by atoms with Crippen molar-refractivity contribution < 1.29 is 0 Å². The zero-order valence-electron chi connectivity index (χ0n) is 10.7. The summed E-state index contributed by atoms with van der Waals surface area (Å²) in [7, 11) is 1.97. The molecule has 0 amide bonds. The molecule has 0 radical (unpaired) electrons. The summed E-state index contributed by atoms with van der Waals surface area (Å²) in [5.41, 5.74) is 8.30. The van der Waals surface area contributed by atoms with Crippen LogP contribution in [0.5, 0.6) is 0 Å². The van der Waals surface area contributed by atoms with E-state index in [4.69, 9.17) is 5.73 Å². The highest BCUT2D eigenvalue weighted by molar-refractivity contribution is 5.22. The van der Waals surface area contributed by atoms with Crippen LogP contribution in [0.2, 0.25) is 0 Å². The van der Waals surface area contributed by atoms with Crippen LogP contribution >= 0.6 is 0 Å². The Morgan fingerprint density at radius 2 is 2.24 bits per heavy atom. The minimum absolute atomic E-state index is 0.226. The minimum atomic E-state index is 0.226. The maximum absolute atomic E-state index is 5.90. The molecule has 0 spiro atoms. The van der Waals surface area contributed by atoms with Crippen LogP contribution in [0.15, 0.2) is 18.3 Å². The molecule has 1 aromatic heterocycles. The second-order valence-electron chi connectivity index (χ2n) is 4.65. The van der Waals surface area contributed by atoms with Crippen LogP contribution in [0.25, 0.3) is 0 Å². The molecule has 0 fully saturated rings. The van der Waals surface area contributed by atoms with Crippen LogP contribution in [-0.2, 0) is 13.5 Å². The molecule has 0 bridgehead atoms. The van der Waals surface area contributed by atoms with Crippen molar-refractivity contribution in [3.05, 3.63) is 29.6 Å². The van der Waals surface area contributed by atoms with Crippen molar-refractivity contribution in [2.75, 3.05) is 6.54 Å². The van der Waals surface area contributed by atoms with Gasteiger partial charge < -0.3 is 11.1 Å². The molecule has 4 heteroatoms. The van der Waals surface area contributed by atoms with Crippen molar-refractivity contribution in [3.8, 4) is 0 Å². The van der Waals surface area contributed by atoms with Gasteiger partial charge in [-0.3, -0.25) is 4.68 Å². The van der Waals surface area contributed by atoms with Gasteiger partial charge in [-0.2, -0.15) is 5.10 Å². The van der Waals surface area contributed by atoms with Gasteiger partial charge in [0.05, 0.1) is 5.69 Å². The number of nitrogens with zero attached hydrogens (tertiary/aromatic N) is 2. The van der Waals surface area contributed by atoms with Gasteiger partial charge in [-0.05, 0) is 19.3 Å². The molecule has 2 rings (SSSR count). The highest BCUT2D eigenvalue weighted by Gasteiger charge is 2.20. The third-order valence-electron chi connectivity index (χ3n) is 3.33. The average molecular weight is 234 g/mol. The maximum Gasteiger partial charge on any atom is 0.0670 e. The molecule has 0 saturated heterocycles. The first kappa shape index (κ1) is 12.3. The van der Waals surface area contributed by atoms with E-state index in [2.05, 4.69) is 35.7 Å². The van der Waals surface area contributed by atoms with Crippen molar-refractivity contribution >= 4 is 0 Å². The van der Waals surface area contributed by atoms with Gasteiger partial charge >= 0.3 is 0 Å². The van der Waals surface area contributed by atoms with Crippen LogP contribution in [0.3, 0.4) is 0 Å². The van der Waals surface area contributed by atoms with Crippen molar-refractivity contribution in [2.45, 2.75) is 38.3 Å². The van der Waals surface area contributed by atoms with Gasteiger partial charge in [-0.15, -0.1) is 0 Å². The van der Waals surface area contributed by atoms with E-state index in [1.165, 1.54) is 5.56 Å². The van der Waals surface area contributed by atoms with Crippen molar-refractivity contribution in [2.24, 2.45) is 12.8 Å². The SMILES string of the molecule is CCc1nn(C)cc1C(CN)NC1CC=CC1. The first-order valence-corrected chi connectivity index (χ1v) is 6.38. The summed E-state index contributed by atoms with van der Waals surface area (Å²) >= 11 is 0. The molecule has 1 heterocycles. The predicted molar refractivity (Wildman–Crippen MR) is 69.7 cm³/mol. The first-order chi connectivity index (χ1) is 8.24. The highest BCUT2D eigenvalue weighted by atomic mass is 15.3. The molecule has 1 aromatic rings. The molecule has 17 heavy (non-hydrogen) atoms. The van der Waals surface area contributed by atoms with Crippen molar-refractivity contribution in [1.82, 2.24) is 15.1 Å². The van der Waals surface area contributed by atoms with E-state index < -0.39 is 0 Å². The number of aryl methyl sites for hydroxylation is 2. The molecule has 0 aliphatic heterocycles. The molecule has 3 N–H and O–H groups in total. The van der Waals surface area contributed by atoms with Crippen molar-refractivity contribution in [3.63, 3.8) is 0 Å². The zero-order valence-corrected chi connectivity index (χ0v) is 10.7. The number of rotatable bonds is 5. The third kappa shape index (κ3) is 2.76. The van der Waals surface area contributed by atoms with Gasteiger partial charge in [0, 0.05) is 37.4 Å². The van der Waals surface area contributed by atoms with Crippen molar-refractivity contribution in [1.29, 1.82) is 0 Å². The largest absolute Gasteiger partial charge is 0.329 e. The maximum atomic E-state index is 5.90. The van der Waals surface area contributed by atoms with E-state index in [0.717, 1.165) is 25.0 Å². The van der Waals surface area contributed by atoms with E-state index in [1.807, 2.05) is 11.7 Å². The molecule has 1 atom stereocenters. The second kappa shape index (κ2) is 5.47. The van der Waals surface area contributed by atoms with Crippen LogP contribution in [0.4, 0.5) is 0 Å². The van der Waals surface area contributed by atoms with E-state index in [-0.39, 0.29) is 6.04 Å². The molecular weight excluding hydrogens is 212 g/mol.